The summed E-state index contributed by atoms with van der Waals surface area (Å²) in [4.78, 5) is 0. The van der Waals surface area contributed by atoms with Gasteiger partial charge in [0.2, 0.25) is 0 Å². The van der Waals surface area contributed by atoms with Gasteiger partial charge in [-0.3, -0.25) is 0 Å². The van der Waals surface area contributed by atoms with E-state index < -0.39 is 0 Å². The van der Waals surface area contributed by atoms with Gasteiger partial charge in [0.1, 0.15) is 0 Å². The average molecular weight is 156 g/mol. The Hall–Kier alpha value is -0.343. The minimum Gasteiger partial charge on any atom is -0.424 e. The molecule has 0 aliphatic carbocycles. The second kappa shape index (κ2) is 8.66. The molecule has 1 heterocycles. The van der Waals surface area contributed by atoms with Crippen LogP contribution in [0.15, 0.2) is 25.3 Å². The molecule has 0 spiro atoms. The van der Waals surface area contributed by atoms with Crippen molar-refractivity contribution in [1.82, 2.24) is 0 Å². The monoisotopic (exact) mass is 156 g/mol. The average Bonchev–Trinajstić information content (AvgIpc) is 2.08. The molecule has 1 aliphatic rings. The molecule has 1 saturated heterocycles. The summed E-state index contributed by atoms with van der Waals surface area (Å²) >= 11 is 0. The van der Waals surface area contributed by atoms with Crippen molar-refractivity contribution >= 4 is 9.76 Å². The van der Waals surface area contributed by atoms with Gasteiger partial charge in [-0.05, 0) is 12.5 Å². The fourth-order valence-corrected chi connectivity index (χ4v) is 1.86. The zero-order valence-electron chi connectivity index (χ0n) is 6.51. The molecule has 0 unspecified atom stereocenters. The van der Waals surface area contributed by atoms with Crippen LogP contribution in [0.3, 0.4) is 0 Å². The summed E-state index contributed by atoms with van der Waals surface area (Å²) in [6, 6.07) is 1.42. The van der Waals surface area contributed by atoms with Gasteiger partial charge in [-0.1, -0.05) is 31.7 Å². The summed E-state index contributed by atoms with van der Waals surface area (Å²) in [6.45, 7) is 7.78. The quantitative estimate of drug-likeness (QED) is 0.414. The normalized spacial score (nSPS) is 18.8. The topological polar surface area (TPSA) is 9.23 Å². The maximum absolute atomic E-state index is 5.21. The van der Waals surface area contributed by atoms with E-state index in [0.717, 1.165) is 6.61 Å². The Kier molecular flexibility index (Phi) is 8.36. The molecule has 1 aliphatic heterocycles. The molecular formula is C8H16OSi. The van der Waals surface area contributed by atoms with E-state index in [0.29, 0.717) is 0 Å². The Morgan fingerprint density at radius 3 is 2.00 bits per heavy atom. The van der Waals surface area contributed by atoms with Gasteiger partial charge in [-0.15, -0.1) is 0 Å². The summed E-state index contributed by atoms with van der Waals surface area (Å²) in [5.74, 6) is 0. The van der Waals surface area contributed by atoms with Crippen molar-refractivity contribution in [2.24, 2.45) is 0 Å². The van der Waals surface area contributed by atoms with E-state index >= 15 is 0 Å². The largest absolute Gasteiger partial charge is 0.424 e. The highest BCUT2D eigenvalue weighted by molar-refractivity contribution is 6.27. The molecule has 58 valence electrons. The van der Waals surface area contributed by atoms with Crippen molar-refractivity contribution in [3.63, 3.8) is 0 Å². The highest BCUT2D eigenvalue weighted by Crippen LogP contribution is 2.01. The Labute approximate surface area is 65.7 Å². The van der Waals surface area contributed by atoms with E-state index in [1.807, 2.05) is 0 Å². The van der Waals surface area contributed by atoms with Gasteiger partial charge in [-0.25, -0.2) is 0 Å². The van der Waals surface area contributed by atoms with Crippen molar-refractivity contribution in [2.75, 3.05) is 6.61 Å². The third-order valence-electron chi connectivity index (χ3n) is 1.24. The van der Waals surface area contributed by atoms with Crippen LogP contribution >= 0.6 is 0 Å². The van der Waals surface area contributed by atoms with Crippen molar-refractivity contribution in [2.45, 2.75) is 18.9 Å². The van der Waals surface area contributed by atoms with Crippen LogP contribution in [0.1, 0.15) is 12.8 Å². The van der Waals surface area contributed by atoms with Crippen LogP contribution in [0.2, 0.25) is 6.04 Å². The lowest BCUT2D eigenvalue weighted by Crippen LogP contribution is -2.06. The van der Waals surface area contributed by atoms with Crippen LogP contribution in [0.4, 0.5) is 0 Å². The van der Waals surface area contributed by atoms with E-state index in [9.17, 15) is 0 Å². The zero-order valence-corrected chi connectivity index (χ0v) is 7.93. The smallest absolute Gasteiger partial charge is 0.161 e. The van der Waals surface area contributed by atoms with Gasteiger partial charge in [-0.2, -0.15) is 0 Å². The van der Waals surface area contributed by atoms with E-state index in [2.05, 4.69) is 13.2 Å². The van der Waals surface area contributed by atoms with Crippen LogP contribution in [0.25, 0.3) is 0 Å². The first kappa shape index (κ1) is 9.66. The summed E-state index contributed by atoms with van der Waals surface area (Å²) < 4.78 is 5.21. The molecule has 0 radical (unpaired) electrons. The molecule has 1 nitrogen and oxygen atoms in total. The zero-order chi connectivity index (χ0) is 7.66. The molecule has 0 bridgehead atoms. The molecule has 1 rings (SSSR count). The van der Waals surface area contributed by atoms with Crippen LogP contribution in [0, 0.1) is 0 Å². The molecule has 1 fully saturated rings. The maximum Gasteiger partial charge on any atom is 0.161 e. The number of hydrogen-bond acceptors (Lipinski definition) is 1. The molecule has 0 aromatic rings. The molecule has 0 N–H and O–H groups in total. The Balaban J connectivity index is 0.000000180. The van der Waals surface area contributed by atoms with Gasteiger partial charge in [0.15, 0.2) is 9.76 Å². The van der Waals surface area contributed by atoms with Gasteiger partial charge >= 0.3 is 0 Å². The molecule has 0 saturated carbocycles. The standard InChI is InChI=1S/C4H10OSi.C4H6/c1-2-4-6-5-3-1;1-3-4-2/h1-4,6H2;3-4H,1-2H2. The third-order valence-corrected chi connectivity index (χ3v) is 2.61. The van der Waals surface area contributed by atoms with Gasteiger partial charge in [0, 0.05) is 6.61 Å². The molecule has 10 heavy (non-hydrogen) atoms. The number of hydrogen-bond donors (Lipinski definition) is 0. The van der Waals surface area contributed by atoms with E-state index in [-0.39, 0.29) is 9.76 Å². The highest BCUT2D eigenvalue weighted by Gasteiger charge is 1.96. The van der Waals surface area contributed by atoms with Crippen LogP contribution < -0.4 is 0 Å². The summed E-state index contributed by atoms with van der Waals surface area (Å²) in [5, 5.41) is 0. The summed E-state index contributed by atoms with van der Waals surface area (Å²) in [6.07, 6.45) is 6.03. The van der Waals surface area contributed by atoms with E-state index in [4.69, 9.17) is 4.43 Å². The van der Waals surface area contributed by atoms with Crippen LogP contribution in [-0.4, -0.2) is 16.4 Å². The summed E-state index contributed by atoms with van der Waals surface area (Å²) in [5.41, 5.74) is 0. The molecule has 0 aromatic heterocycles. The van der Waals surface area contributed by atoms with Crippen molar-refractivity contribution in [3.8, 4) is 0 Å². The van der Waals surface area contributed by atoms with Crippen molar-refractivity contribution < 1.29 is 4.43 Å². The SMILES string of the molecule is C1CC[SiH2]OC1.C=CC=C. The fourth-order valence-electron chi connectivity index (χ4n) is 0.687. The summed E-state index contributed by atoms with van der Waals surface area (Å²) in [7, 11) is 0.00849. The lowest BCUT2D eigenvalue weighted by Gasteiger charge is -2.07. The number of allylic oxidation sites excluding steroid dienone is 2. The van der Waals surface area contributed by atoms with Gasteiger partial charge in [0.05, 0.1) is 0 Å². The van der Waals surface area contributed by atoms with Gasteiger partial charge < -0.3 is 4.43 Å². The van der Waals surface area contributed by atoms with Crippen LogP contribution in [0.5, 0.6) is 0 Å². The second-order valence-electron chi connectivity index (χ2n) is 2.14. The third kappa shape index (κ3) is 7.66. The molecule has 0 atom stereocenters. The van der Waals surface area contributed by atoms with E-state index in [1.165, 1.54) is 18.9 Å². The van der Waals surface area contributed by atoms with Crippen LogP contribution in [-0.2, 0) is 4.43 Å². The predicted molar refractivity (Wildman–Crippen MR) is 48.9 cm³/mol. The minimum atomic E-state index is 0.00849. The minimum absolute atomic E-state index is 0.00849. The second-order valence-corrected chi connectivity index (χ2v) is 3.67. The highest BCUT2D eigenvalue weighted by atomic mass is 28.2. The molecule has 0 aromatic carbocycles. The number of rotatable bonds is 1. The molecule has 0 amide bonds. The molecule has 2 heteroatoms. The van der Waals surface area contributed by atoms with E-state index in [1.54, 1.807) is 12.2 Å². The maximum atomic E-state index is 5.21. The fraction of sp³-hybridized carbons (Fsp3) is 0.500. The lowest BCUT2D eigenvalue weighted by molar-refractivity contribution is 0.304. The Morgan fingerprint density at radius 2 is 1.90 bits per heavy atom. The lowest BCUT2D eigenvalue weighted by atomic mass is 10.4. The van der Waals surface area contributed by atoms with Crippen molar-refractivity contribution in [3.05, 3.63) is 25.3 Å². The predicted octanol–water partition coefficient (Wildman–Crippen LogP) is 1.66. The Bertz CT molecular complexity index is 69.7. The first-order chi connectivity index (χ1) is 4.91. The first-order valence-corrected chi connectivity index (χ1v) is 5.30. The molecular weight excluding hydrogens is 140 g/mol. The Morgan fingerprint density at radius 1 is 1.20 bits per heavy atom. The first-order valence-electron chi connectivity index (χ1n) is 3.73. The van der Waals surface area contributed by atoms with Gasteiger partial charge in [0.25, 0.3) is 0 Å². The van der Waals surface area contributed by atoms with Crippen molar-refractivity contribution in [1.29, 1.82) is 0 Å².